The molecule has 0 saturated heterocycles. The van der Waals surface area contributed by atoms with Gasteiger partial charge in [0.15, 0.2) is 5.13 Å². The third-order valence-electron chi connectivity index (χ3n) is 3.91. The number of alkyl halides is 3. The number of aromatic nitrogens is 3. The van der Waals surface area contributed by atoms with Crippen LogP contribution in [0.2, 0.25) is 0 Å². The van der Waals surface area contributed by atoms with Crippen LogP contribution < -0.4 is 5.32 Å². The number of anilines is 1. The van der Waals surface area contributed by atoms with E-state index in [-0.39, 0.29) is 6.42 Å². The second-order valence-electron chi connectivity index (χ2n) is 6.14. The first-order valence-corrected chi connectivity index (χ1v) is 10.5. The number of amides is 1. The van der Waals surface area contributed by atoms with Gasteiger partial charge in [0.2, 0.25) is 5.91 Å². The summed E-state index contributed by atoms with van der Waals surface area (Å²) in [6.07, 6.45) is -0.149. The number of aryl methyl sites for hydroxylation is 2. The number of H-pyrrole nitrogens is 1. The maximum atomic E-state index is 12.6. The number of hydrogen-bond donors (Lipinski definition) is 2. The molecule has 0 saturated carbocycles. The van der Waals surface area contributed by atoms with Gasteiger partial charge in [-0.2, -0.15) is 13.2 Å². The van der Waals surface area contributed by atoms with Gasteiger partial charge in [0.1, 0.15) is 11.5 Å². The zero-order chi connectivity index (χ0) is 21.4. The largest absolute Gasteiger partial charge is 0.501 e. The van der Waals surface area contributed by atoms with Gasteiger partial charge in [0, 0.05) is 5.38 Å². The lowest BCUT2D eigenvalue weighted by Gasteiger charge is -2.08. The number of benzene rings is 1. The van der Waals surface area contributed by atoms with Gasteiger partial charge < -0.3 is 10.3 Å². The molecular weight excluding hydrogens is 429 g/mol. The lowest BCUT2D eigenvalue weighted by atomic mass is 10.1. The number of sulfone groups is 1. The SMILES string of the molecule is Cc1nc(C)c(-c2csc(NC(=O)Cc3ccc(S(=O)(=O)C(F)(F)F)cc3)n2)[nH]1. The Morgan fingerprint density at radius 2 is 1.83 bits per heavy atom. The van der Waals surface area contributed by atoms with E-state index in [9.17, 15) is 26.4 Å². The molecule has 7 nitrogen and oxygen atoms in total. The first-order valence-electron chi connectivity index (χ1n) is 8.16. The lowest BCUT2D eigenvalue weighted by molar-refractivity contribution is -0.115. The number of rotatable bonds is 5. The van der Waals surface area contributed by atoms with Crippen LogP contribution in [-0.2, 0) is 21.1 Å². The highest BCUT2D eigenvalue weighted by molar-refractivity contribution is 7.92. The molecule has 12 heteroatoms. The highest BCUT2D eigenvalue weighted by Gasteiger charge is 2.46. The van der Waals surface area contributed by atoms with Crippen molar-refractivity contribution in [3.63, 3.8) is 0 Å². The van der Waals surface area contributed by atoms with Crippen molar-refractivity contribution >= 4 is 32.2 Å². The van der Waals surface area contributed by atoms with Crippen molar-refractivity contribution < 1.29 is 26.4 Å². The topological polar surface area (TPSA) is 105 Å². The van der Waals surface area contributed by atoms with Crippen LogP contribution in [0.3, 0.4) is 0 Å². The van der Waals surface area contributed by atoms with E-state index in [4.69, 9.17) is 0 Å². The summed E-state index contributed by atoms with van der Waals surface area (Å²) < 4.78 is 60.4. The summed E-state index contributed by atoms with van der Waals surface area (Å²) >= 11 is 1.21. The smallest absolute Gasteiger partial charge is 0.341 e. The summed E-state index contributed by atoms with van der Waals surface area (Å²) in [5, 5.41) is 4.72. The average Bonchev–Trinajstić information content (AvgIpc) is 3.20. The normalized spacial score (nSPS) is 12.2. The summed E-state index contributed by atoms with van der Waals surface area (Å²) in [7, 11) is -5.41. The molecule has 0 unspecified atom stereocenters. The molecular formula is C17H15F3N4O3S2. The van der Waals surface area contributed by atoms with E-state index in [1.54, 1.807) is 5.38 Å². The predicted octanol–water partition coefficient (Wildman–Crippen LogP) is 3.62. The van der Waals surface area contributed by atoms with Crippen molar-refractivity contribution in [2.45, 2.75) is 30.7 Å². The molecule has 0 atom stereocenters. The van der Waals surface area contributed by atoms with Gasteiger partial charge in [-0.1, -0.05) is 12.1 Å². The first-order chi connectivity index (χ1) is 13.5. The monoisotopic (exact) mass is 444 g/mol. The maximum absolute atomic E-state index is 12.6. The highest BCUT2D eigenvalue weighted by atomic mass is 32.2. The van der Waals surface area contributed by atoms with Crippen LogP contribution >= 0.6 is 11.3 Å². The van der Waals surface area contributed by atoms with Crippen molar-refractivity contribution in [3.05, 3.63) is 46.7 Å². The molecule has 1 amide bonds. The molecule has 3 rings (SSSR count). The Morgan fingerprint density at radius 1 is 1.17 bits per heavy atom. The van der Waals surface area contributed by atoms with Crippen LogP contribution in [0, 0.1) is 13.8 Å². The van der Waals surface area contributed by atoms with E-state index in [1.807, 2.05) is 13.8 Å². The number of carbonyl (C=O) groups excluding carboxylic acids is 1. The summed E-state index contributed by atoms with van der Waals surface area (Å²) in [6.45, 7) is 3.65. The molecule has 2 N–H and O–H groups in total. The minimum Gasteiger partial charge on any atom is -0.341 e. The van der Waals surface area contributed by atoms with Gasteiger partial charge in [-0.25, -0.2) is 18.4 Å². The Hall–Kier alpha value is -2.73. The van der Waals surface area contributed by atoms with Crippen LogP contribution in [0.15, 0.2) is 34.5 Å². The zero-order valence-electron chi connectivity index (χ0n) is 15.2. The van der Waals surface area contributed by atoms with Crippen molar-refractivity contribution in [2.75, 3.05) is 5.32 Å². The lowest BCUT2D eigenvalue weighted by Crippen LogP contribution is -2.23. The second kappa shape index (κ2) is 7.59. The Balaban J connectivity index is 1.67. The summed E-state index contributed by atoms with van der Waals surface area (Å²) in [5.74, 6) is 0.307. The molecule has 0 aliphatic rings. The van der Waals surface area contributed by atoms with Crippen LogP contribution in [0.25, 0.3) is 11.4 Å². The van der Waals surface area contributed by atoms with Crippen molar-refractivity contribution in [1.29, 1.82) is 0 Å². The minimum atomic E-state index is -5.41. The molecule has 0 spiro atoms. The van der Waals surface area contributed by atoms with E-state index in [1.165, 1.54) is 23.5 Å². The number of halogens is 3. The van der Waals surface area contributed by atoms with Gasteiger partial charge in [0.05, 0.1) is 22.7 Å². The van der Waals surface area contributed by atoms with E-state index in [0.29, 0.717) is 16.4 Å². The fourth-order valence-electron chi connectivity index (χ4n) is 2.57. The fraction of sp³-hybridized carbons (Fsp3) is 0.235. The molecule has 0 aliphatic carbocycles. The maximum Gasteiger partial charge on any atom is 0.501 e. The molecule has 154 valence electrons. The van der Waals surface area contributed by atoms with E-state index in [2.05, 4.69) is 20.3 Å². The van der Waals surface area contributed by atoms with E-state index in [0.717, 1.165) is 29.3 Å². The number of hydrogen-bond acceptors (Lipinski definition) is 6. The highest BCUT2D eigenvalue weighted by Crippen LogP contribution is 2.30. The summed E-state index contributed by atoms with van der Waals surface area (Å²) in [6, 6.07) is 4.00. The number of thiazole rings is 1. The Morgan fingerprint density at radius 3 is 2.38 bits per heavy atom. The quantitative estimate of drug-likeness (QED) is 0.625. The fourth-order valence-corrected chi connectivity index (χ4v) is 4.05. The van der Waals surface area contributed by atoms with Crippen LogP contribution in [0.5, 0.6) is 0 Å². The zero-order valence-corrected chi connectivity index (χ0v) is 16.8. The molecule has 0 fully saturated rings. The third kappa shape index (κ3) is 4.48. The predicted molar refractivity (Wildman–Crippen MR) is 101 cm³/mol. The number of carbonyl (C=O) groups is 1. The van der Waals surface area contributed by atoms with Gasteiger partial charge in [-0.3, -0.25) is 4.79 Å². The van der Waals surface area contributed by atoms with E-state index >= 15 is 0 Å². The first kappa shape index (κ1) is 21.0. The van der Waals surface area contributed by atoms with Crippen LogP contribution in [0.1, 0.15) is 17.1 Å². The molecule has 0 bridgehead atoms. The summed E-state index contributed by atoms with van der Waals surface area (Å²) in [5.41, 5.74) is -2.86. The minimum absolute atomic E-state index is 0.149. The van der Waals surface area contributed by atoms with Crippen LogP contribution in [0.4, 0.5) is 18.3 Å². The molecule has 2 heterocycles. The molecule has 0 radical (unpaired) electrons. The molecule has 3 aromatic rings. The van der Waals surface area contributed by atoms with Crippen molar-refractivity contribution in [3.8, 4) is 11.4 Å². The van der Waals surface area contributed by atoms with Gasteiger partial charge in [-0.05, 0) is 31.5 Å². The third-order valence-corrected chi connectivity index (χ3v) is 6.17. The van der Waals surface area contributed by atoms with Gasteiger partial charge >= 0.3 is 5.51 Å². The summed E-state index contributed by atoms with van der Waals surface area (Å²) in [4.78, 5) is 23.0. The molecule has 29 heavy (non-hydrogen) atoms. The number of aromatic amines is 1. The molecule has 2 aromatic heterocycles. The van der Waals surface area contributed by atoms with E-state index < -0.39 is 26.1 Å². The number of nitrogens with zero attached hydrogens (tertiary/aromatic N) is 2. The number of imidazole rings is 1. The van der Waals surface area contributed by atoms with Crippen molar-refractivity contribution in [1.82, 2.24) is 15.0 Å². The molecule has 0 aliphatic heterocycles. The second-order valence-corrected chi connectivity index (χ2v) is 8.94. The average molecular weight is 444 g/mol. The van der Waals surface area contributed by atoms with Gasteiger partial charge in [-0.15, -0.1) is 11.3 Å². The Kier molecular flexibility index (Phi) is 5.50. The van der Waals surface area contributed by atoms with Gasteiger partial charge in [0.25, 0.3) is 9.84 Å². The Bertz CT molecular complexity index is 1150. The Labute approximate surface area is 167 Å². The standard InChI is InChI=1S/C17H15F3N4O3S2/c1-9-15(22-10(2)21-9)13-8-28-16(23-13)24-14(25)7-11-3-5-12(6-4-11)29(26,27)17(18,19)20/h3-6,8H,7H2,1-2H3,(H,21,22)(H,23,24,25). The molecule has 1 aromatic carbocycles. The number of nitrogens with one attached hydrogen (secondary N) is 2. The van der Waals surface area contributed by atoms with Crippen LogP contribution in [-0.4, -0.2) is 34.8 Å². The van der Waals surface area contributed by atoms with Crippen molar-refractivity contribution in [2.24, 2.45) is 0 Å².